The summed E-state index contributed by atoms with van der Waals surface area (Å²) in [4.78, 5) is 96.8. The summed E-state index contributed by atoms with van der Waals surface area (Å²) >= 11 is 0. The summed E-state index contributed by atoms with van der Waals surface area (Å²) in [5, 5.41) is 15.3. The maximum Gasteiger partial charge on any atom is 0.267 e. The number of hydrogen-bond acceptors (Lipinski definition) is 22. The number of halogens is 3. The monoisotopic (exact) mass is 1900 g/mol. The zero-order chi connectivity index (χ0) is 95.9. The fraction of sp³-hybridized carbons (Fsp3) is 0.134. The van der Waals surface area contributed by atoms with Gasteiger partial charge in [-0.25, -0.2) is 71.8 Å². The first kappa shape index (κ1) is 95.2. The molecule has 0 spiro atoms. The van der Waals surface area contributed by atoms with Crippen LogP contribution >= 0.6 is 0 Å². The van der Waals surface area contributed by atoms with E-state index in [2.05, 4.69) is 71.4 Å². The third-order valence-corrected chi connectivity index (χ3v) is 27.9. The molecule has 688 valence electrons. The Hall–Kier alpha value is -15.9. The number of ether oxygens (including phenoxy) is 2. The number of hydrogen-bond donors (Lipinski definition) is 7. The number of rotatable bonds is 26. The minimum Gasteiger partial charge on any atom is -0.495 e. The Bertz CT molecular complexity index is 7730. The number of pyridine rings is 3. The molecule has 17 aromatic rings. The van der Waals surface area contributed by atoms with Crippen LogP contribution in [0.1, 0.15) is 114 Å². The molecule has 17 rings (SSSR count). The second-order valence-corrected chi connectivity index (χ2v) is 38.8. The maximum atomic E-state index is 13.8. The Morgan fingerprint density at radius 2 is 0.859 bits per heavy atom. The SMILES string of the molecule is CCNC(=O)c1cccc(S(=O)(=O)c2ccc(CNC(=O)c3cnc4nccn4c3)cc2)c1.CCOc1cc(S(=O)(=O)c2ccc(CNC(=O)c3cc4cnccc4[nH]3)cc2)ccc1F.COc1ccc(C(C)(C)C)cc1S(=O)(=O)c1ccc(CNC(=O)c2cnc3nccn3c2)cc1.O=C(NCc1ccc(S(=O)(=O)c2cccc(-c3ccc(F)c(F)c3)n2)cc1)c1cc2cnccc2[nH]1. The normalized spacial score (nSPS) is 11.6. The maximum absolute atomic E-state index is 13.8. The largest absolute Gasteiger partial charge is 0.495 e. The molecule has 9 heterocycles. The third-order valence-electron chi connectivity index (χ3n) is 20.9. The molecule has 0 radical (unpaired) electrons. The minimum absolute atomic E-state index is 0.00984. The number of aromatic nitrogens is 11. The zero-order valence-electron chi connectivity index (χ0n) is 72.9. The second kappa shape index (κ2) is 41.2. The van der Waals surface area contributed by atoms with Gasteiger partial charge in [0.15, 0.2) is 28.2 Å². The van der Waals surface area contributed by atoms with Crippen LogP contribution < -0.4 is 36.1 Å². The van der Waals surface area contributed by atoms with Crippen molar-refractivity contribution in [3.05, 3.63) is 366 Å². The number of carbonyl (C=O) groups excluding carboxylic acids is 5. The zero-order valence-corrected chi connectivity index (χ0v) is 76.1. The van der Waals surface area contributed by atoms with E-state index in [1.165, 1.54) is 110 Å². The molecule has 38 heteroatoms. The lowest BCUT2D eigenvalue weighted by atomic mass is 9.87. The van der Waals surface area contributed by atoms with Gasteiger partial charge in [-0.2, -0.15) is 0 Å². The van der Waals surface area contributed by atoms with Crippen molar-refractivity contribution in [2.75, 3.05) is 20.3 Å². The molecule has 5 amide bonds. The van der Waals surface area contributed by atoms with Gasteiger partial charge < -0.3 is 46.0 Å². The van der Waals surface area contributed by atoms with Crippen LogP contribution in [0.2, 0.25) is 0 Å². The van der Waals surface area contributed by atoms with E-state index in [1.54, 1.807) is 188 Å². The first-order valence-corrected chi connectivity index (χ1v) is 47.4. The molecule has 8 aromatic carbocycles. The Balaban J connectivity index is 0.000000144. The van der Waals surface area contributed by atoms with Gasteiger partial charge in [0.25, 0.3) is 29.5 Å². The van der Waals surface area contributed by atoms with Gasteiger partial charge in [-0.1, -0.05) is 87.5 Å². The van der Waals surface area contributed by atoms with Crippen molar-refractivity contribution >= 4 is 102 Å². The highest BCUT2D eigenvalue weighted by Crippen LogP contribution is 2.36. The quantitative estimate of drug-likeness (QED) is 0.0248. The van der Waals surface area contributed by atoms with Crippen molar-refractivity contribution < 1.29 is 80.3 Å². The molecule has 0 fully saturated rings. The third kappa shape index (κ3) is 22.6. The van der Waals surface area contributed by atoms with Crippen molar-refractivity contribution in [2.45, 2.75) is 106 Å². The van der Waals surface area contributed by atoms with Gasteiger partial charge in [-0.15, -0.1) is 0 Å². The highest BCUT2D eigenvalue weighted by molar-refractivity contribution is 7.92. The van der Waals surface area contributed by atoms with E-state index >= 15 is 0 Å². The summed E-state index contributed by atoms with van der Waals surface area (Å²) < 4.78 is 159. The Morgan fingerprint density at radius 3 is 1.33 bits per heavy atom. The number of aromatic amines is 2. The summed E-state index contributed by atoms with van der Waals surface area (Å²) in [5.41, 5.74) is 7.53. The summed E-state index contributed by atoms with van der Waals surface area (Å²) in [6, 6.07) is 54.1. The molecule has 0 atom stereocenters. The number of methoxy groups -OCH3 is 1. The number of nitrogens with zero attached hydrogens (tertiary/aromatic N) is 9. The molecule has 0 aliphatic carbocycles. The highest BCUT2D eigenvalue weighted by Gasteiger charge is 2.28. The van der Waals surface area contributed by atoms with E-state index in [1.807, 2.05) is 26.8 Å². The lowest BCUT2D eigenvalue weighted by molar-refractivity contribution is 0.0939. The molecule has 0 unspecified atom stereocenters. The molecule has 0 bridgehead atoms. The van der Waals surface area contributed by atoms with Crippen molar-refractivity contribution in [2.24, 2.45) is 0 Å². The standard InChI is InChI=1S/C26H18F2N4O3S.C25H26N4O4S.C23H20FN3O4S.C23H21N5O4S/c27-20-9-6-17(12-21(20)28)22-2-1-3-25(32-22)36(34,35)19-7-4-16(5-8-19)14-30-26(33)24-13-18-15-29-11-10-23(18)31-24;1-25(2,3)19-7-10-21(33-4)22(13-19)34(31,32)20-8-5-17(6-9-20)14-27-23(30)18-15-28-24-26-11-12-29(24)16-18;1-2-31-22-12-18(7-8-19(22)24)32(29,30)17-5-3-15(4-6-17)13-26-23(28)21-11-16-14-25-10-9-20(16)27-21;1-2-24-21(29)17-4-3-5-20(12-17)33(31,32)19-8-6-16(7-9-19)13-26-22(30)18-14-27-23-25-10-11-28(23)15-18/h1-13,15,31H,14H2,(H,30,33);5-13,15-16H,14H2,1-4H3,(H,27,30);3-12,14,27H,2,13H2,1H3,(H,26,28);3-12,14-15H,2,13H2,1H3,(H,24,29)(H,26,30). The van der Waals surface area contributed by atoms with Gasteiger partial charge in [0, 0.05) is 146 Å². The molecule has 9 aromatic heterocycles. The van der Waals surface area contributed by atoms with Crippen molar-refractivity contribution in [3.63, 3.8) is 0 Å². The van der Waals surface area contributed by atoms with E-state index in [0.29, 0.717) is 51.9 Å². The van der Waals surface area contributed by atoms with Gasteiger partial charge in [-0.3, -0.25) is 42.7 Å². The van der Waals surface area contributed by atoms with Crippen molar-refractivity contribution in [3.8, 4) is 22.8 Å². The molecule has 0 saturated heterocycles. The van der Waals surface area contributed by atoms with Gasteiger partial charge in [0.2, 0.25) is 50.9 Å². The van der Waals surface area contributed by atoms with E-state index in [-0.39, 0.29) is 130 Å². The van der Waals surface area contributed by atoms with Crippen LogP contribution in [-0.2, 0) is 70.9 Å². The van der Waals surface area contributed by atoms with Crippen LogP contribution in [0, 0.1) is 17.5 Å². The predicted molar refractivity (Wildman–Crippen MR) is 494 cm³/mol. The van der Waals surface area contributed by atoms with Crippen LogP contribution in [-0.4, -0.2) is 137 Å². The average Bonchev–Trinajstić information content (AvgIpc) is 1.72. The molecular formula is C97H85F3N16O15S4. The molecule has 135 heavy (non-hydrogen) atoms. The van der Waals surface area contributed by atoms with Crippen LogP contribution in [0.25, 0.3) is 44.6 Å². The number of amides is 5. The Labute approximate surface area is 772 Å². The van der Waals surface area contributed by atoms with Gasteiger partial charge in [-0.05, 0) is 193 Å². The molecule has 0 saturated carbocycles. The summed E-state index contributed by atoms with van der Waals surface area (Å²) in [6.45, 7) is 11.1. The topological polar surface area (TPSA) is 431 Å². The van der Waals surface area contributed by atoms with E-state index in [4.69, 9.17) is 9.47 Å². The van der Waals surface area contributed by atoms with Crippen molar-refractivity contribution in [1.29, 1.82) is 0 Å². The second-order valence-electron chi connectivity index (χ2n) is 31.1. The van der Waals surface area contributed by atoms with Crippen molar-refractivity contribution in [1.82, 2.24) is 80.2 Å². The molecule has 0 aliphatic rings. The number of sulfone groups is 4. The lowest BCUT2D eigenvalue weighted by Crippen LogP contribution is -2.23. The first-order chi connectivity index (χ1) is 64.7. The highest BCUT2D eigenvalue weighted by atomic mass is 32.2. The fourth-order valence-electron chi connectivity index (χ4n) is 13.6. The number of H-pyrrole nitrogens is 2. The summed E-state index contributed by atoms with van der Waals surface area (Å²) in [6.07, 6.45) is 19.4. The minimum atomic E-state index is -3.97. The van der Waals surface area contributed by atoms with Gasteiger partial charge in [0.05, 0.1) is 59.9 Å². The predicted octanol–water partition coefficient (Wildman–Crippen LogP) is 14.6. The number of carbonyl (C=O) groups is 5. The lowest BCUT2D eigenvalue weighted by Gasteiger charge is -2.21. The van der Waals surface area contributed by atoms with Crippen LogP contribution in [0.4, 0.5) is 13.2 Å². The summed E-state index contributed by atoms with van der Waals surface area (Å²) in [7, 11) is -14.0. The van der Waals surface area contributed by atoms with Crippen LogP contribution in [0.5, 0.6) is 11.5 Å². The molecule has 31 nitrogen and oxygen atoms in total. The summed E-state index contributed by atoms with van der Waals surface area (Å²) in [5.74, 6) is -2.99. The smallest absolute Gasteiger partial charge is 0.267 e. The van der Waals surface area contributed by atoms with E-state index in [0.717, 1.165) is 62.3 Å². The van der Waals surface area contributed by atoms with Gasteiger partial charge >= 0.3 is 0 Å². The van der Waals surface area contributed by atoms with E-state index < -0.39 is 56.8 Å². The van der Waals surface area contributed by atoms with Crippen LogP contribution in [0.3, 0.4) is 0 Å². The van der Waals surface area contributed by atoms with Crippen LogP contribution in [0.15, 0.2) is 332 Å². The Kier molecular flexibility index (Phi) is 29.1. The fourth-order valence-corrected chi connectivity index (χ4v) is 18.8. The first-order valence-electron chi connectivity index (χ1n) is 41.5. The molecule has 0 aliphatic heterocycles. The van der Waals surface area contributed by atoms with Gasteiger partial charge in [0.1, 0.15) is 22.0 Å². The van der Waals surface area contributed by atoms with E-state index in [9.17, 15) is 70.8 Å². The number of nitrogens with one attached hydrogen (secondary N) is 7. The Morgan fingerprint density at radius 1 is 0.407 bits per heavy atom. The molecular weight excluding hydrogens is 1810 g/mol. The number of fused-ring (bicyclic) bond motifs is 4. The number of imidazole rings is 2. The number of benzene rings is 8. The molecule has 7 N–H and O–H groups in total. The average molecular weight is 1900 g/mol.